The summed E-state index contributed by atoms with van der Waals surface area (Å²) in [6.45, 7) is 4.43. The first kappa shape index (κ1) is 21.9. The smallest absolute Gasteiger partial charge is 0.408 e. The van der Waals surface area contributed by atoms with Gasteiger partial charge >= 0.3 is 12.1 Å². The van der Waals surface area contributed by atoms with Crippen LogP contribution in [0.1, 0.15) is 33.6 Å². The van der Waals surface area contributed by atoms with E-state index in [4.69, 9.17) is 26.0 Å². The maximum atomic E-state index is 12.0. The number of carbonyl (C=O) groups excluding carboxylic acids is 2. The van der Waals surface area contributed by atoms with Crippen LogP contribution in [0.3, 0.4) is 0 Å². The van der Waals surface area contributed by atoms with Crippen LogP contribution in [-0.2, 0) is 14.3 Å². The molecule has 2 atom stereocenters. The number of hydrogen-bond donors (Lipinski definition) is 5. The molecular weight excluding hydrogens is 320 g/mol. The molecule has 0 radical (unpaired) electrons. The summed E-state index contributed by atoms with van der Waals surface area (Å²) in [5.41, 5.74) is 9.70. The Morgan fingerprint density at radius 1 is 1.29 bits per heavy atom. The lowest BCUT2D eigenvalue weighted by molar-refractivity contribution is -0.150. The van der Waals surface area contributed by atoms with E-state index in [0.717, 1.165) is 0 Å². The fourth-order valence-electron chi connectivity index (χ4n) is 1.53. The molecular formula is C14H28N4O6. The standard InChI is InChI=1S/C14H28N4O6/c1-14(2,3)24-13(22)18-10(5-4-6-17-12(15)16)11(21)23-8-9(20)7-19/h9-10,19-20H,4-8H2,1-3H3,(H,18,22)(H4,15,16,17)/t9?,10-/m0/s1. The number of alkyl carbamates (subject to hydrolysis) is 1. The number of rotatable bonds is 9. The van der Waals surface area contributed by atoms with Gasteiger partial charge < -0.3 is 36.5 Å². The average molecular weight is 348 g/mol. The predicted octanol–water partition coefficient (Wildman–Crippen LogP) is -1.17. The number of esters is 1. The van der Waals surface area contributed by atoms with E-state index in [-0.39, 0.29) is 25.5 Å². The van der Waals surface area contributed by atoms with Crippen LogP contribution in [0.5, 0.6) is 0 Å². The van der Waals surface area contributed by atoms with Gasteiger partial charge in [-0.05, 0) is 33.6 Å². The normalized spacial score (nSPS) is 13.5. The number of amides is 1. The molecule has 24 heavy (non-hydrogen) atoms. The zero-order valence-corrected chi connectivity index (χ0v) is 14.3. The van der Waals surface area contributed by atoms with Crippen molar-refractivity contribution in [3.63, 3.8) is 0 Å². The number of aliphatic imine (C=N–C) groups is 1. The van der Waals surface area contributed by atoms with Crippen molar-refractivity contribution in [2.75, 3.05) is 19.8 Å². The molecule has 7 N–H and O–H groups in total. The van der Waals surface area contributed by atoms with Gasteiger partial charge in [0.25, 0.3) is 0 Å². The van der Waals surface area contributed by atoms with E-state index in [1.54, 1.807) is 20.8 Å². The van der Waals surface area contributed by atoms with Crippen LogP contribution >= 0.6 is 0 Å². The summed E-state index contributed by atoms with van der Waals surface area (Å²) in [6.07, 6.45) is -1.33. The van der Waals surface area contributed by atoms with Gasteiger partial charge in [-0.2, -0.15) is 0 Å². The molecule has 140 valence electrons. The monoisotopic (exact) mass is 348 g/mol. The van der Waals surface area contributed by atoms with Crippen LogP contribution in [0.25, 0.3) is 0 Å². The second kappa shape index (κ2) is 10.7. The number of aliphatic hydroxyl groups excluding tert-OH is 2. The van der Waals surface area contributed by atoms with Crippen LogP contribution < -0.4 is 16.8 Å². The maximum absolute atomic E-state index is 12.0. The van der Waals surface area contributed by atoms with E-state index >= 15 is 0 Å². The van der Waals surface area contributed by atoms with Crippen molar-refractivity contribution in [3.8, 4) is 0 Å². The summed E-state index contributed by atoms with van der Waals surface area (Å²) in [7, 11) is 0. The molecule has 10 heteroatoms. The van der Waals surface area contributed by atoms with Crippen molar-refractivity contribution in [1.29, 1.82) is 0 Å². The van der Waals surface area contributed by atoms with Gasteiger partial charge in [-0.25, -0.2) is 9.59 Å². The molecule has 0 aliphatic rings. The van der Waals surface area contributed by atoms with Crippen molar-refractivity contribution in [2.24, 2.45) is 16.5 Å². The molecule has 0 aliphatic heterocycles. The van der Waals surface area contributed by atoms with Crippen LogP contribution in [0, 0.1) is 0 Å². The van der Waals surface area contributed by atoms with E-state index in [0.29, 0.717) is 6.42 Å². The van der Waals surface area contributed by atoms with Crippen molar-refractivity contribution < 1.29 is 29.3 Å². The second-order valence-corrected chi connectivity index (χ2v) is 6.11. The van der Waals surface area contributed by atoms with Crippen molar-refractivity contribution in [3.05, 3.63) is 0 Å². The highest BCUT2D eigenvalue weighted by Crippen LogP contribution is 2.08. The molecule has 1 unspecified atom stereocenters. The highest BCUT2D eigenvalue weighted by molar-refractivity contribution is 5.81. The molecule has 0 spiro atoms. The van der Waals surface area contributed by atoms with Gasteiger partial charge in [0.05, 0.1) is 6.61 Å². The number of aliphatic hydroxyl groups is 2. The first-order chi connectivity index (χ1) is 11.0. The lowest BCUT2D eigenvalue weighted by Gasteiger charge is -2.23. The van der Waals surface area contributed by atoms with E-state index < -0.39 is 36.4 Å². The summed E-state index contributed by atoms with van der Waals surface area (Å²) in [6, 6.07) is -0.986. The van der Waals surface area contributed by atoms with Gasteiger partial charge in [0.1, 0.15) is 24.4 Å². The van der Waals surface area contributed by atoms with E-state index in [1.807, 2.05) is 0 Å². The lowest BCUT2D eigenvalue weighted by Crippen LogP contribution is -2.45. The Morgan fingerprint density at radius 3 is 2.42 bits per heavy atom. The molecule has 0 fully saturated rings. The maximum Gasteiger partial charge on any atom is 0.408 e. The fraction of sp³-hybridized carbons (Fsp3) is 0.786. The molecule has 0 heterocycles. The summed E-state index contributed by atoms with van der Waals surface area (Å²) in [4.78, 5) is 27.6. The Kier molecular flexibility index (Phi) is 9.74. The van der Waals surface area contributed by atoms with Crippen LogP contribution in [-0.4, -0.2) is 65.7 Å². The molecule has 0 aromatic rings. The predicted molar refractivity (Wildman–Crippen MR) is 87.1 cm³/mol. The minimum absolute atomic E-state index is 0.0692. The molecule has 0 aromatic heterocycles. The Balaban J connectivity index is 4.65. The Labute approximate surface area is 141 Å². The number of guanidine groups is 1. The first-order valence-electron chi connectivity index (χ1n) is 7.55. The van der Waals surface area contributed by atoms with E-state index in [1.165, 1.54) is 0 Å². The third kappa shape index (κ3) is 11.5. The van der Waals surface area contributed by atoms with Gasteiger partial charge in [-0.3, -0.25) is 4.99 Å². The first-order valence-corrected chi connectivity index (χ1v) is 7.55. The molecule has 0 saturated carbocycles. The fourth-order valence-corrected chi connectivity index (χ4v) is 1.53. The summed E-state index contributed by atoms with van der Waals surface area (Å²) < 4.78 is 9.96. The summed E-state index contributed by atoms with van der Waals surface area (Å²) in [5.74, 6) is -0.821. The van der Waals surface area contributed by atoms with Gasteiger partial charge in [-0.1, -0.05) is 0 Å². The molecule has 0 rings (SSSR count). The molecule has 10 nitrogen and oxygen atoms in total. The highest BCUT2D eigenvalue weighted by Gasteiger charge is 2.25. The molecule has 0 saturated heterocycles. The third-order valence-corrected chi connectivity index (χ3v) is 2.55. The largest absolute Gasteiger partial charge is 0.461 e. The summed E-state index contributed by atoms with van der Waals surface area (Å²) >= 11 is 0. The van der Waals surface area contributed by atoms with Crippen molar-refractivity contribution >= 4 is 18.0 Å². The number of hydrogen-bond acceptors (Lipinski definition) is 7. The molecule has 0 aliphatic carbocycles. The minimum Gasteiger partial charge on any atom is -0.461 e. The number of nitrogens with zero attached hydrogens (tertiary/aromatic N) is 1. The zero-order valence-electron chi connectivity index (χ0n) is 14.3. The Morgan fingerprint density at radius 2 is 1.92 bits per heavy atom. The van der Waals surface area contributed by atoms with Crippen molar-refractivity contribution in [1.82, 2.24) is 5.32 Å². The van der Waals surface area contributed by atoms with Crippen LogP contribution in [0.15, 0.2) is 4.99 Å². The Hall–Kier alpha value is -2.07. The lowest BCUT2D eigenvalue weighted by atomic mass is 10.1. The van der Waals surface area contributed by atoms with Crippen LogP contribution in [0.2, 0.25) is 0 Å². The molecule has 0 aromatic carbocycles. The van der Waals surface area contributed by atoms with E-state index in [9.17, 15) is 14.7 Å². The average Bonchev–Trinajstić information content (AvgIpc) is 2.45. The minimum atomic E-state index is -1.18. The van der Waals surface area contributed by atoms with Gasteiger partial charge in [0.2, 0.25) is 0 Å². The topological polar surface area (TPSA) is 169 Å². The SMILES string of the molecule is CC(C)(C)OC(=O)N[C@@H](CCCN=C(N)N)C(=O)OCC(O)CO. The number of carbonyl (C=O) groups is 2. The van der Waals surface area contributed by atoms with Gasteiger partial charge in [0, 0.05) is 6.54 Å². The molecule has 1 amide bonds. The summed E-state index contributed by atoms with van der Waals surface area (Å²) in [5, 5.41) is 20.3. The number of ether oxygens (including phenoxy) is 2. The number of nitrogens with two attached hydrogens (primary N) is 2. The number of nitrogens with one attached hydrogen (secondary N) is 1. The quantitative estimate of drug-likeness (QED) is 0.150. The molecule has 0 bridgehead atoms. The van der Waals surface area contributed by atoms with Gasteiger partial charge in [0.15, 0.2) is 5.96 Å². The Bertz CT molecular complexity index is 431. The zero-order chi connectivity index (χ0) is 18.8. The van der Waals surface area contributed by atoms with Crippen molar-refractivity contribution in [2.45, 2.75) is 51.4 Å². The van der Waals surface area contributed by atoms with Crippen LogP contribution in [0.4, 0.5) is 4.79 Å². The van der Waals surface area contributed by atoms with E-state index in [2.05, 4.69) is 10.3 Å². The second-order valence-electron chi connectivity index (χ2n) is 6.11. The highest BCUT2D eigenvalue weighted by atomic mass is 16.6. The van der Waals surface area contributed by atoms with Gasteiger partial charge in [-0.15, -0.1) is 0 Å². The third-order valence-electron chi connectivity index (χ3n) is 2.55.